The second kappa shape index (κ2) is 5.41. The molecule has 2 heterocycles. The minimum atomic E-state index is -0.150. The third-order valence-electron chi connectivity index (χ3n) is 4.02. The van der Waals surface area contributed by atoms with Crippen LogP contribution in [-0.2, 0) is 4.79 Å². The number of carbonyl (C=O) groups is 1. The van der Waals surface area contributed by atoms with Crippen molar-refractivity contribution in [3.63, 3.8) is 0 Å². The van der Waals surface area contributed by atoms with Gasteiger partial charge in [0.25, 0.3) is 5.91 Å². The minimum absolute atomic E-state index is 0.0853. The quantitative estimate of drug-likeness (QED) is 0.789. The van der Waals surface area contributed by atoms with Crippen molar-refractivity contribution < 1.29 is 4.79 Å². The van der Waals surface area contributed by atoms with Gasteiger partial charge in [0, 0.05) is 5.75 Å². The third kappa shape index (κ3) is 2.04. The van der Waals surface area contributed by atoms with Crippen LogP contribution in [0.5, 0.6) is 0 Å². The number of anilines is 1. The SMILES string of the molecule is O=C1C2CSC(c3ccccc3)N2C(=S)N1c1ccccc1. The summed E-state index contributed by atoms with van der Waals surface area (Å²) in [6.45, 7) is 0. The largest absolute Gasteiger partial charge is 0.319 e. The molecule has 2 fully saturated rings. The van der Waals surface area contributed by atoms with Gasteiger partial charge in [-0.2, -0.15) is 0 Å². The Morgan fingerprint density at radius 1 is 1.00 bits per heavy atom. The minimum Gasteiger partial charge on any atom is -0.319 e. The molecule has 110 valence electrons. The Morgan fingerprint density at radius 2 is 1.64 bits per heavy atom. The Morgan fingerprint density at radius 3 is 2.32 bits per heavy atom. The van der Waals surface area contributed by atoms with E-state index in [2.05, 4.69) is 17.0 Å². The zero-order valence-corrected chi connectivity index (χ0v) is 13.4. The van der Waals surface area contributed by atoms with Crippen LogP contribution in [0.4, 0.5) is 5.69 Å². The molecular weight excluding hydrogens is 312 g/mol. The topological polar surface area (TPSA) is 23.6 Å². The van der Waals surface area contributed by atoms with Crippen LogP contribution in [0.2, 0.25) is 0 Å². The molecule has 2 aromatic carbocycles. The lowest BCUT2D eigenvalue weighted by molar-refractivity contribution is -0.119. The standard InChI is InChI=1S/C17H14N2OS2/c20-15-14-11-22-16(12-7-3-1-4-8-12)19(14)17(21)18(15)13-9-5-2-6-10-13/h1-10,14,16H,11H2. The first-order chi connectivity index (χ1) is 10.8. The summed E-state index contributed by atoms with van der Waals surface area (Å²) in [5.74, 6) is 0.865. The van der Waals surface area contributed by atoms with Gasteiger partial charge >= 0.3 is 0 Å². The summed E-state index contributed by atoms with van der Waals surface area (Å²) in [5.41, 5.74) is 2.05. The molecule has 22 heavy (non-hydrogen) atoms. The number of amides is 1. The molecule has 0 saturated carbocycles. The molecule has 2 saturated heterocycles. The number of thioether (sulfide) groups is 1. The highest BCUT2D eigenvalue weighted by Gasteiger charge is 2.50. The molecule has 2 atom stereocenters. The first kappa shape index (κ1) is 13.8. The summed E-state index contributed by atoms with van der Waals surface area (Å²) < 4.78 is 0. The van der Waals surface area contributed by atoms with E-state index in [0.29, 0.717) is 5.11 Å². The van der Waals surface area contributed by atoms with Gasteiger partial charge in [0.05, 0.1) is 5.69 Å². The fourth-order valence-electron chi connectivity index (χ4n) is 2.98. The molecule has 5 heteroatoms. The van der Waals surface area contributed by atoms with Crippen LogP contribution < -0.4 is 4.90 Å². The van der Waals surface area contributed by atoms with E-state index in [1.807, 2.05) is 48.5 Å². The maximum absolute atomic E-state index is 12.8. The average molecular weight is 326 g/mol. The van der Waals surface area contributed by atoms with Crippen LogP contribution in [0.3, 0.4) is 0 Å². The highest BCUT2D eigenvalue weighted by atomic mass is 32.2. The summed E-state index contributed by atoms with van der Waals surface area (Å²) in [4.78, 5) is 16.5. The molecule has 0 N–H and O–H groups in total. The number of thiocarbonyl (C=S) groups is 1. The summed E-state index contributed by atoms with van der Waals surface area (Å²) >= 11 is 7.42. The van der Waals surface area contributed by atoms with E-state index in [9.17, 15) is 4.79 Å². The number of benzene rings is 2. The van der Waals surface area contributed by atoms with E-state index in [1.165, 1.54) is 5.56 Å². The van der Waals surface area contributed by atoms with Crippen LogP contribution in [0, 0.1) is 0 Å². The summed E-state index contributed by atoms with van der Waals surface area (Å²) in [5, 5.41) is 0.733. The number of nitrogens with zero attached hydrogens (tertiary/aromatic N) is 2. The summed E-state index contributed by atoms with van der Waals surface area (Å²) in [6, 6.07) is 19.8. The molecule has 2 aliphatic heterocycles. The monoisotopic (exact) mass is 326 g/mol. The van der Waals surface area contributed by atoms with Crippen LogP contribution in [0.1, 0.15) is 10.9 Å². The molecule has 2 aliphatic rings. The van der Waals surface area contributed by atoms with Crippen molar-refractivity contribution >= 4 is 40.7 Å². The third-order valence-corrected chi connectivity index (χ3v) is 5.73. The Kier molecular flexibility index (Phi) is 3.39. The van der Waals surface area contributed by atoms with Gasteiger partial charge in [0.1, 0.15) is 11.4 Å². The number of rotatable bonds is 2. The maximum Gasteiger partial charge on any atom is 0.257 e. The van der Waals surface area contributed by atoms with Gasteiger partial charge in [-0.15, -0.1) is 11.8 Å². The fraction of sp³-hybridized carbons (Fsp3) is 0.176. The van der Waals surface area contributed by atoms with E-state index in [0.717, 1.165) is 11.4 Å². The molecule has 4 rings (SSSR count). The molecule has 1 amide bonds. The molecule has 0 spiro atoms. The smallest absolute Gasteiger partial charge is 0.257 e. The zero-order chi connectivity index (χ0) is 15.1. The number of hydrogen-bond donors (Lipinski definition) is 0. The Hall–Kier alpha value is -1.85. The van der Waals surface area contributed by atoms with Gasteiger partial charge in [-0.05, 0) is 29.9 Å². The Balaban J connectivity index is 1.70. The molecule has 0 aromatic heterocycles. The number of carbonyl (C=O) groups excluding carboxylic acids is 1. The lowest BCUT2D eigenvalue weighted by Gasteiger charge is -2.25. The van der Waals surface area contributed by atoms with E-state index in [1.54, 1.807) is 16.7 Å². The molecule has 0 bridgehead atoms. The fourth-order valence-corrected chi connectivity index (χ4v) is 4.90. The van der Waals surface area contributed by atoms with Crippen molar-refractivity contribution in [2.45, 2.75) is 11.4 Å². The normalized spacial score (nSPS) is 24.0. The number of hydrogen-bond acceptors (Lipinski definition) is 3. The van der Waals surface area contributed by atoms with Crippen LogP contribution in [-0.4, -0.2) is 27.7 Å². The van der Waals surface area contributed by atoms with Gasteiger partial charge in [-0.25, -0.2) is 0 Å². The molecule has 2 unspecified atom stereocenters. The number of fused-ring (bicyclic) bond motifs is 1. The van der Waals surface area contributed by atoms with Gasteiger partial charge in [-0.1, -0.05) is 48.5 Å². The summed E-state index contributed by atoms with van der Waals surface area (Å²) in [6.07, 6.45) is 0. The van der Waals surface area contributed by atoms with Gasteiger partial charge in [-0.3, -0.25) is 9.69 Å². The Bertz CT molecular complexity index is 720. The van der Waals surface area contributed by atoms with Crippen molar-refractivity contribution in [3.05, 3.63) is 66.2 Å². The predicted octanol–water partition coefficient (Wildman–Crippen LogP) is 3.43. The van der Waals surface area contributed by atoms with E-state index < -0.39 is 0 Å². The van der Waals surface area contributed by atoms with Gasteiger partial charge in [0.2, 0.25) is 0 Å². The number of para-hydroxylation sites is 1. The van der Waals surface area contributed by atoms with Crippen molar-refractivity contribution in [2.75, 3.05) is 10.7 Å². The maximum atomic E-state index is 12.8. The second-order valence-electron chi connectivity index (χ2n) is 5.31. The molecular formula is C17H14N2OS2. The van der Waals surface area contributed by atoms with E-state index in [4.69, 9.17) is 12.2 Å². The second-order valence-corrected chi connectivity index (χ2v) is 6.79. The Labute approximate surface area is 138 Å². The highest BCUT2D eigenvalue weighted by Crippen LogP contribution is 2.45. The van der Waals surface area contributed by atoms with Crippen LogP contribution in [0.15, 0.2) is 60.7 Å². The molecule has 0 aliphatic carbocycles. The van der Waals surface area contributed by atoms with Crippen molar-refractivity contribution in [2.24, 2.45) is 0 Å². The van der Waals surface area contributed by atoms with Crippen molar-refractivity contribution in [1.29, 1.82) is 0 Å². The van der Waals surface area contributed by atoms with Crippen molar-refractivity contribution in [3.8, 4) is 0 Å². The van der Waals surface area contributed by atoms with E-state index in [-0.39, 0.29) is 17.3 Å². The first-order valence-corrected chi connectivity index (χ1v) is 8.61. The molecule has 2 aromatic rings. The van der Waals surface area contributed by atoms with Gasteiger partial charge < -0.3 is 4.90 Å². The predicted molar refractivity (Wildman–Crippen MR) is 93.8 cm³/mol. The van der Waals surface area contributed by atoms with E-state index >= 15 is 0 Å². The van der Waals surface area contributed by atoms with Crippen molar-refractivity contribution in [1.82, 2.24) is 4.90 Å². The van der Waals surface area contributed by atoms with Crippen LogP contribution in [0.25, 0.3) is 0 Å². The summed E-state index contributed by atoms with van der Waals surface area (Å²) in [7, 11) is 0. The first-order valence-electron chi connectivity index (χ1n) is 7.15. The average Bonchev–Trinajstić information content (AvgIpc) is 3.10. The zero-order valence-electron chi connectivity index (χ0n) is 11.8. The molecule has 0 radical (unpaired) electrons. The lowest BCUT2D eigenvalue weighted by atomic mass is 10.2. The lowest BCUT2D eigenvalue weighted by Crippen LogP contribution is -2.33. The van der Waals surface area contributed by atoms with Crippen LogP contribution >= 0.6 is 24.0 Å². The molecule has 3 nitrogen and oxygen atoms in total. The van der Waals surface area contributed by atoms with Gasteiger partial charge in [0.15, 0.2) is 5.11 Å². The highest BCUT2D eigenvalue weighted by molar-refractivity contribution is 7.99.